The van der Waals surface area contributed by atoms with Crippen LogP contribution in [-0.2, 0) is 21.7 Å². The molecule has 2 unspecified atom stereocenters. The van der Waals surface area contributed by atoms with Gasteiger partial charge in [-0.25, -0.2) is 0 Å². The second-order valence-corrected chi connectivity index (χ2v) is 6.09. The smallest absolute Gasteiger partial charge is 0.302 e. The number of phenolic OH excluding ortho intramolecular Hbond substituents is 1. The maximum absolute atomic E-state index is 10.8. The Bertz CT molecular complexity index is 496. The third kappa shape index (κ3) is 5.66. The van der Waals surface area contributed by atoms with Gasteiger partial charge in [-0.3, -0.25) is 4.79 Å². The first-order valence-corrected chi connectivity index (χ1v) is 7.55. The predicted octanol–water partition coefficient (Wildman–Crippen LogP) is 2.46. The molecule has 22 heavy (non-hydrogen) atoms. The molecule has 0 bridgehead atoms. The maximum Gasteiger partial charge on any atom is 0.302 e. The molecule has 1 aromatic carbocycles. The summed E-state index contributed by atoms with van der Waals surface area (Å²) in [5, 5.41) is 29.7. The largest absolute Gasteiger partial charge is 0.508 e. The minimum Gasteiger partial charge on any atom is -0.508 e. The molecule has 0 saturated carbocycles. The van der Waals surface area contributed by atoms with Gasteiger partial charge < -0.3 is 20.1 Å². The molecule has 1 rings (SSSR count). The van der Waals surface area contributed by atoms with Crippen molar-refractivity contribution < 1.29 is 24.9 Å². The number of aliphatic hydroxyl groups excluding tert-OH is 1. The van der Waals surface area contributed by atoms with Gasteiger partial charge in [-0.2, -0.15) is 0 Å². The molecule has 0 aromatic heterocycles. The fourth-order valence-electron chi connectivity index (χ4n) is 2.33. The number of ether oxygens (including phenoxy) is 1. The number of carbonyl (C=O) groups excluding carboxylic acids is 1. The molecule has 5 nitrogen and oxygen atoms in total. The van der Waals surface area contributed by atoms with Gasteiger partial charge in [0.2, 0.25) is 0 Å². The first-order valence-electron chi connectivity index (χ1n) is 7.55. The zero-order valence-electron chi connectivity index (χ0n) is 13.5. The molecular weight excluding hydrogens is 284 g/mol. The summed E-state index contributed by atoms with van der Waals surface area (Å²) in [5.74, 6) is -0.186. The number of rotatable bonds is 8. The Hall–Kier alpha value is -1.59. The lowest BCUT2D eigenvalue weighted by Gasteiger charge is -2.25. The van der Waals surface area contributed by atoms with Crippen molar-refractivity contribution in [1.82, 2.24) is 0 Å². The van der Waals surface area contributed by atoms with Gasteiger partial charge >= 0.3 is 5.97 Å². The van der Waals surface area contributed by atoms with E-state index in [-0.39, 0.29) is 30.9 Å². The Morgan fingerprint density at radius 3 is 2.64 bits per heavy atom. The number of hydrogen-bond acceptors (Lipinski definition) is 5. The van der Waals surface area contributed by atoms with Crippen LogP contribution in [0.5, 0.6) is 5.75 Å². The average Bonchev–Trinajstić information content (AvgIpc) is 2.44. The molecule has 0 fully saturated rings. The highest BCUT2D eigenvalue weighted by atomic mass is 16.5. The lowest BCUT2D eigenvalue weighted by atomic mass is 9.88. The highest BCUT2D eigenvalue weighted by molar-refractivity contribution is 5.65. The molecule has 3 N–H and O–H groups in total. The Kier molecular flexibility index (Phi) is 6.84. The Morgan fingerprint density at radius 2 is 2.09 bits per heavy atom. The van der Waals surface area contributed by atoms with Crippen LogP contribution in [0.1, 0.15) is 51.2 Å². The van der Waals surface area contributed by atoms with Crippen LogP contribution in [0.4, 0.5) is 0 Å². The molecule has 1 aromatic rings. The van der Waals surface area contributed by atoms with Crippen molar-refractivity contribution in [3.05, 3.63) is 29.3 Å². The average molecular weight is 310 g/mol. The van der Waals surface area contributed by atoms with E-state index in [2.05, 4.69) is 0 Å². The molecule has 2 atom stereocenters. The highest BCUT2D eigenvalue weighted by Crippen LogP contribution is 2.34. The Labute approximate surface area is 131 Å². The molecule has 0 aliphatic rings. The predicted molar refractivity (Wildman–Crippen MR) is 83.2 cm³/mol. The summed E-state index contributed by atoms with van der Waals surface area (Å²) in [6, 6.07) is 4.88. The van der Waals surface area contributed by atoms with E-state index >= 15 is 0 Å². The van der Waals surface area contributed by atoms with Crippen molar-refractivity contribution in [2.24, 2.45) is 5.92 Å². The second kappa shape index (κ2) is 8.15. The first kappa shape index (κ1) is 18.5. The fraction of sp³-hybridized carbons (Fsp3) is 0.588. The molecule has 0 spiro atoms. The van der Waals surface area contributed by atoms with Crippen LogP contribution in [0.15, 0.2) is 18.2 Å². The zero-order valence-corrected chi connectivity index (χ0v) is 13.5. The standard InChI is InChI=1S/C17H26O5/c1-12(10-18)5-4-8-17(3,21)15-7-6-14(9-16(15)20)11-22-13(2)19/h6-7,9,12,18,20-21H,4-5,8,10-11H2,1-3H3. The Morgan fingerprint density at radius 1 is 1.41 bits per heavy atom. The maximum atomic E-state index is 10.8. The summed E-state index contributed by atoms with van der Waals surface area (Å²) in [6.45, 7) is 5.18. The molecule has 0 heterocycles. The first-order chi connectivity index (χ1) is 10.3. The van der Waals surface area contributed by atoms with Crippen LogP contribution in [0.3, 0.4) is 0 Å². The Balaban J connectivity index is 2.71. The van der Waals surface area contributed by atoms with E-state index in [1.165, 1.54) is 13.0 Å². The number of phenols is 1. The monoisotopic (exact) mass is 310 g/mol. The van der Waals surface area contributed by atoms with E-state index in [0.717, 1.165) is 12.8 Å². The number of hydrogen-bond donors (Lipinski definition) is 3. The van der Waals surface area contributed by atoms with Gasteiger partial charge in [0, 0.05) is 19.1 Å². The lowest BCUT2D eigenvalue weighted by molar-refractivity contribution is -0.142. The van der Waals surface area contributed by atoms with Crippen molar-refractivity contribution >= 4 is 5.97 Å². The van der Waals surface area contributed by atoms with Crippen molar-refractivity contribution in [1.29, 1.82) is 0 Å². The van der Waals surface area contributed by atoms with E-state index < -0.39 is 5.60 Å². The van der Waals surface area contributed by atoms with Gasteiger partial charge in [0.1, 0.15) is 12.4 Å². The molecule has 0 radical (unpaired) electrons. The second-order valence-electron chi connectivity index (χ2n) is 6.09. The van der Waals surface area contributed by atoms with Crippen LogP contribution in [0.2, 0.25) is 0 Å². The summed E-state index contributed by atoms with van der Waals surface area (Å²) in [7, 11) is 0. The van der Waals surface area contributed by atoms with Crippen molar-refractivity contribution in [3.63, 3.8) is 0 Å². The number of aromatic hydroxyl groups is 1. The molecule has 5 heteroatoms. The molecular formula is C17H26O5. The van der Waals surface area contributed by atoms with E-state index in [1.807, 2.05) is 6.92 Å². The van der Waals surface area contributed by atoms with Crippen LogP contribution in [0.25, 0.3) is 0 Å². The normalized spacial score (nSPS) is 15.1. The molecule has 124 valence electrons. The van der Waals surface area contributed by atoms with Crippen molar-refractivity contribution in [3.8, 4) is 5.75 Å². The van der Waals surface area contributed by atoms with Crippen molar-refractivity contribution in [2.75, 3.05) is 6.61 Å². The summed E-state index contributed by atoms with van der Waals surface area (Å²) in [6.07, 6.45) is 2.06. The summed E-state index contributed by atoms with van der Waals surface area (Å²) < 4.78 is 4.88. The number of aliphatic hydroxyl groups is 2. The van der Waals surface area contributed by atoms with Gasteiger partial charge in [0.05, 0.1) is 5.60 Å². The molecule has 0 amide bonds. The fourth-order valence-corrected chi connectivity index (χ4v) is 2.33. The van der Waals surface area contributed by atoms with Gasteiger partial charge in [-0.05, 0) is 43.7 Å². The van der Waals surface area contributed by atoms with Gasteiger partial charge in [-0.15, -0.1) is 0 Å². The molecule has 0 aliphatic heterocycles. The van der Waals surface area contributed by atoms with Crippen LogP contribution >= 0.6 is 0 Å². The summed E-state index contributed by atoms with van der Waals surface area (Å²) in [4.78, 5) is 10.8. The van der Waals surface area contributed by atoms with Crippen LogP contribution in [-0.4, -0.2) is 27.9 Å². The lowest BCUT2D eigenvalue weighted by Crippen LogP contribution is -2.21. The minimum absolute atomic E-state index is 0.00939. The number of benzene rings is 1. The number of esters is 1. The van der Waals surface area contributed by atoms with Gasteiger partial charge in [0.15, 0.2) is 0 Å². The van der Waals surface area contributed by atoms with E-state index in [1.54, 1.807) is 19.1 Å². The van der Waals surface area contributed by atoms with E-state index in [4.69, 9.17) is 9.84 Å². The third-order valence-corrected chi connectivity index (χ3v) is 3.76. The van der Waals surface area contributed by atoms with E-state index in [9.17, 15) is 15.0 Å². The minimum atomic E-state index is -1.14. The quantitative estimate of drug-likeness (QED) is 0.642. The SMILES string of the molecule is CC(=O)OCc1ccc(C(C)(O)CCCC(C)CO)c(O)c1. The summed E-state index contributed by atoms with van der Waals surface area (Å²) >= 11 is 0. The summed E-state index contributed by atoms with van der Waals surface area (Å²) in [5.41, 5.74) is -0.0176. The highest BCUT2D eigenvalue weighted by Gasteiger charge is 2.26. The topological polar surface area (TPSA) is 87.0 Å². The van der Waals surface area contributed by atoms with E-state index in [0.29, 0.717) is 17.5 Å². The van der Waals surface area contributed by atoms with Crippen molar-refractivity contribution in [2.45, 2.75) is 52.2 Å². The third-order valence-electron chi connectivity index (χ3n) is 3.76. The molecule has 0 saturated heterocycles. The van der Waals surface area contributed by atoms with Gasteiger partial charge in [0.25, 0.3) is 0 Å². The van der Waals surface area contributed by atoms with Crippen LogP contribution < -0.4 is 0 Å². The number of carbonyl (C=O) groups is 1. The van der Waals surface area contributed by atoms with Crippen LogP contribution in [0, 0.1) is 5.92 Å². The zero-order chi connectivity index (χ0) is 16.8. The van der Waals surface area contributed by atoms with Gasteiger partial charge in [-0.1, -0.05) is 19.1 Å². The molecule has 0 aliphatic carbocycles.